The Bertz CT molecular complexity index is 1600. The van der Waals surface area contributed by atoms with Gasteiger partial charge in [-0.15, -0.1) is 0 Å². The van der Waals surface area contributed by atoms with E-state index in [2.05, 4.69) is 10.3 Å². The molecule has 5 rings (SSSR count). The van der Waals surface area contributed by atoms with E-state index < -0.39 is 0 Å². The van der Waals surface area contributed by atoms with Crippen LogP contribution in [0, 0.1) is 0 Å². The Morgan fingerprint density at radius 2 is 1.60 bits per heavy atom. The molecule has 0 radical (unpaired) electrons. The van der Waals surface area contributed by atoms with Crippen molar-refractivity contribution in [3.05, 3.63) is 98.7 Å². The highest BCUT2D eigenvalue weighted by Gasteiger charge is 2.14. The standard InChI is InChI=1S/C26H14Cl4N2O3/c27-14-1-6-18(21(30)11-14)23-9-4-17(34-23)5-10-25(33)31-16-3-7-20(29)19(13-16)26-32-22-12-15(28)2-8-24(22)35-26/h1-13H,(H,31,33)/b10-5+. The van der Waals surface area contributed by atoms with Gasteiger partial charge in [-0.1, -0.05) is 46.4 Å². The Hall–Kier alpha value is -3.22. The molecule has 3 aromatic carbocycles. The zero-order chi connectivity index (χ0) is 24.5. The number of carbonyl (C=O) groups is 1. The summed E-state index contributed by atoms with van der Waals surface area (Å²) in [7, 11) is 0. The van der Waals surface area contributed by atoms with E-state index >= 15 is 0 Å². The van der Waals surface area contributed by atoms with Gasteiger partial charge in [0.15, 0.2) is 5.58 Å². The van der Waals surface area contributed by atoms with Crippen molar-refractivity contribution < 1.29 is 13.6 Å². The smallest absolute Gasteiger partial charge is 0.248 e. The fourth-order valence-corrected chi connectivity index (χ4v) is 4.27. The third kappa shape index (κ3) is 5.24. The lowest BCUT2D eigenvalue weighted by Crippen LogP contribution is -2.07. The lowest BCUT2D eigenvalue weighted by Gasteiger charge is -2.05. The topological polar surface area (TPSA) is 68.3 Å². The van der Waals surface area contributed by atoms with E-state index in [1.807, 2.05) is 0 Å². The lowest BCUT2D eigenvalue weighted by molar-refractivity contribution is -0.111. The first kappa shape index (κ1) is 23.5. The third-order valence-electron chi connectivity index (χ3n) is 5.04. The molecule has 0 saturated heterocycles. The van der Waals surface area contributed by atoms with Gasteiger partial charge in [-0.05, 0) is 72.8 Å². The Morgan fingerprint density at radius 3 is 2.43 bits per heavy atom. The van der Waals surface area contributed by atoms with Crippen molar-refractivity contribution >= 4 is 75.2 Å². The molecule has 0 spiro atoms. The Balaban J connectivity index is 1.32. The molecular weight excluding hydrogens is 530 g/mol. The van der Waals surface area contributed by atoms with E-state index in [-0.39, 0.29) is 5.91 Å². The van der Waals surface area contributed by atoms with Crippen LogP contribution >= 0.6 is 46.4 Å². The normalized spacial score (nSPS) is 11.4. The predicted molar refractivity (Wildman–Crippen MR) is 141 cm³/mol. The minimum Gasteiger partial charge on any atom is -0.457 e. The van der Waals surface area contributed by atoms with Crippen LogP contribution in [0.3, 0.4) is 0 Å². The summed E-state index contributed by atoms with van der Waals surface area (Å²) in [6.07, 6.45) is 2.92. The largest absolute Gasteiger partial charge is 0.457 e. The summed E-state index contributed by atoms with van der Waals surface area (Å²) in [6.45, 7) is 0. The monoisotopic (exact) mass is 542 g/mol. The summed E-state index contributed by atoms with van der Waals surface area (Å²) in [5, 5.41) is 4.78. The number of hydrogen-bond donors (Lipinski definition) is 1. The quantitative estimate of drug-likeness (QED) is 0.224. The number of fused-ring (bicyclic) bond motifs is 1. The van der Waals surface area contributed by atoms with Gasteiger partial charge < -0.3 is 14.2 Å². The summed E-state index contributed by atoms with van der Waals surface area (Å²) in [6, 6.07) is 18.8. The molecule has 0 aliphatic rings. The van der Waals surface area contributed by atoms with E-state index in [4.69, 9.17) is 55.2 Å². The number of aromatic nitrogens is 1. The fraction of sp³-hybridized carbons (Fsp3) is 0. The Labute approximate surface area is 219 Å². The van der Waals surface area contributed by atoms with Crippen LogP contribution in [0.2, 0.25) is 20.1 Å². The van der Waals surface area contributed by atoms with Crippen LogP contribution in [-0.2, 0) is 4.79 Å². The lowest BCUT2D eigenvalue weighted by atomic mass is 10.2. The van der Waals surface area contributed by atoms with Crippen molar-refractivity contribution in [2.75, 3.05) is 5.32 Å². The van der Waals surface area contributed by atoms with E-state index in [0.717, 1.165) is 0 Å². The van der Waals surface area contributed by atoms with Crippen LogP contribution in [0.4, 0.5) is 5.69 Å². The first-order valence-corrected chi connectivity index (χ1v) is 11.8. The third-order valence-corrected chi connectivity index (χ3v) is 6.15. The number of oxazole rings is 1. The molecule has 0 saturated carbocycles. The van der Waals surface area contributed by atoms with Crippen molar-refractivity contribution in [2.24, 2.45) is 0 Å². The molecular formula is C26H14Cl4N2O3. The average molecular weight is 544 g/mol. The second-order valence-electron chi connectivity index (χ2n) is 7.47. The van der Waals surface area contributed by atoms with Gasteiger partial charge in [0.25, 0.3) is 0 Å². The number of carbonyl (C=O) groups excluding carboxylic acids is 1. The maximum absolute atomic E-state index is 12.5. The Morgan fingerprint density at radius 1 is 0.800 bits per heavy atom. The fourth-order valence-electron chi connectivity index (χ4n) is 3.40. The van der Waals surface area contributed by atoms with E-state index in [0.29, 0.717) is 65.4 Å². The second kappa shape index (κ2) is 9.80. The molecule has 5 aromatic rings. The highest BCUT2D eigenvalue weighted by molar-refractivity contribution is 6.36. The number of anilines is 1. The SMILES string of the molecule is O=C(/C=C/c1ccc(-c2ccc(Cl)cc2Cl)o1)Nc1ccc(Cl)c(-c2nc3cc(Cl)ccc3o2)c1. The first-order valence-electron chi connectivity index (χ1n) is 10.3. The van der Waals surface area contributed by atoms with Gasteiger partial charge in [0.1, 0.15) is 17.0 Å². The van der Waals surface area contributed by atoms with Crippen LogP contribution in [0.5, 0.6) is 0 Å². The molecule has 2 aromatic heterocycles. The molecule has 0 bridgehead atoms. The number of amides is 1. The maximum Gasteiger partial charge on any atom is 0.248 e. The van der Waals surface area contributed by atoms with Crippen molar-refractivity contribution in [1.29, 1.82) is 0 Å². The van der Waals surface area contributed by atoms with Crippen LogP contribution < -0.4 is 5.32 Å². The first-order chi connectivity index (χ1) is 16.9. The molecule has 2 heterocycles. The summed E-state index contributed by atoms with van der Waals surface area (Å²) in [5.74, 6) is 1.02. The summed E-state index contributed by atoms with van der Waals surface area (Å²) in [4.78, 5) is 17.0. The van der Waals surface area contributed by atoms with Crippen LogP contribution in [0.25, 0.3) is 40.0 Å². The van der Waals surface area contributed by atoms with E-state index in [9.17, 15) is 4.79 Å². The van der Waals surface area contributed by atoms with Gasteiger partial charge in [-0.3, -0.25) is 4.79 Å². The van der Waals surface area contributed by atoms with Crippen LogP contribution in [-0.4, -0.2) is 10.9 Å². The van der Waals surface area contributed by atoms with Gasteiger partial charge in [0.05, 0.1) is 15.6 Å². The van der Waals surface area contributed by atoms with Gasteiger partial charge >= 0.3 is 0 Å². The number of hydrogen-bond acceptors (Lipinski definition) is 4. The van der Waals surface area contributed by atoms with Gasteiger partial charge in [0.2, 0.25) is 11.8 Å². The van der Waals surface area contributed by atoms with Crippen molar-refractivity contribution in [2.45, 2.75) is 0 Å². The Kier molecular flexibility index (Phi) is 6.58. The molecule has 0 atom stereocenters. The molecule has 5 nitrogen and oxygen atoms in total. The molecule has 0 unspecified atom stereocenters. The number of nitrogens with one attached hydrogen (secondary N) is 1. The molecule has 1 N–H and O–H groups in total. The van der Waals surface area contributed by atoms with Crippen LogP contribution in [0.15, 0.2) is 81.6 Å². The van der Waals surface area contributed by atoms with Crippen molar-refractivity contribution in [1.82, 2.24) is 4.98 Å². The average Bonchev–Trinajstić information content (AvgIpc) is 3.46. The van der Waals surface area contributed by atoms with E-state index in [1.165, 1.54) is 6.08 Å². The molecule has 1 amide bonds. The number of furan rings is 1. The number of nitrogens with zero attached hydrogens (tertiary/aromatic N) is 1. The highest BCUT2D eigenvalue weighted by atomic mass is 35.5. The molecule has 9 heteroatoms. The minimum atomic E-state index is -0.356. The predicted octanol–water partition coefficient (Wildman–Crippen LogP) is 9.02. The minimum absolute atomic E-state index is 0.322. The summed E-state index contributed by atoms with van der Waals surface area (Å²) >= 11 is 24.6. The molecule has 35 heavy (non-hydrogen) atoms. The number of halogens is 4. The molecule has 0 fully saturated rings. The van der Waals surface area contributed by atoms with Crippen molar-refractivity contribution in [3.8, 4) is 22.8 Å². The zero-order valence-corrected chi connectivity index (χ0v) is 20.7. The van der Waals surface area contributed by atoms with E-state index in [1.54, 1.807) is 72.8 Å². The second-order valence-corrected chi connectivity index (χ2v) is 9.16. The highest BCUT2D eigenvalue weighted by Crippen LogP contribution is 2.34. The number of benzene rings is 3. The number of rotatable bonds is 5. The van der Waals surface area contributed by atoms with Crippen molar-refractivity contribution in [3.63, 3.8) is 0 Å². The molecule has 174 valence electrons. The summed E-state index contributed by atoms with van der Waals surface area (Å²) < 4.78 is 11.6. The molecule has 0 aliphatic carbocycles. The van der Waals surface area contributed by atoms with Crippen LogP contribution in [0.1, 0.15) is 5.76 Å². The maximum atomic E-state index is 12.5. The zero-order valence-electron chi connectivity index (χ0n) is 17.7. The van der Waals surface area contributed by atoms with Gasteiger partial charge in [-0.25, -0.2) is 4.98 Å². The van der Waals surface area contributed by atoms with Gasteiger partial charge in [0, 0.05) is 27.4 Å². The molecule has 0 aliphatic heterocycles. The van der Waals surface area contributed by atoms with Gasteiger partial charge in [-0.2, -0.15) is 0 Å². The summed E-state index contributed by atoms with van der Waals surface area (Å²) in [5.41, 5.74) is 2.95.